The minimum Gasteiger partial charge on any atom is -0.355 e. The van der Waals surface area contributed by atoms with E-state index in [1.807, 2.05) is 42.8 Å². The van der Waals surface area contributed by atoms with E-state index in [9.17, 15) is 0 Å². The standard InChI is InChI=1S/C19H27N5S.HI/c1-20-18(21-14-16-10-13-23-24(16)2)22-15-19(11-6-7-12-19)25-17-8-4-3-5-9-17;/h3-5,8-10,13H,6-7,11-12,14-15H2,1-2H3,(H2,20,21,22);1H. The van der Waals surface area contributed by atoms with Crippen LogP contribution in [-0.2, 0) is 13.6 Å². The lowest BCUT2D eigenvalue weighted by atomic mass is 10.1. The molecule has 142 valence electrons. The summed E-state index contributed by atoms with van der Waals surface area (Å²) in [5.41, 5.74) is 1.14. The molecule has 1 aromatic heterocycles. The molecule has 3 rings (SSSR count). The van der Waals surface area contributed by atoms with Gasteiger partial charge < -0.3 is 10.6 Å². The van der Waals surface area contributed by atoms with Crippen LogP contribution in [0, 0.1) is 0 Å². The first kappa shape index (κ1) is 21.1. The summed E-state index contributed by atoms with van der Waals surface area (Å²) in [5, 5.41) is 11.1. The van der Waals surface area contributed by atoms with E-state index in [2.05, 4.69) is 51.1 Å². The highest BCUT2D eigenvalue weighted by atomic mass is 127. The number of nitrogens with zero attached hydrogens (tertiary/aromatic N) is 3. The van der Waals surface area contributed by atoms with Crippen LogP contribution in [0.2, 0.25) is 0 Å². The Labute approximate surface area is 177 Å². The minimum absolute atomic E-state index is 0. The van der Waals surface area contributed by atoms with Crippen molar-refractivity contribution in [3.05, 3.63) is 48.3 Å². The fourth-order valence-corrected chi connectivity index (χ4v) is 4.72. The molecular weight excluding hydrogens is 457 g/mol. The van der Waals surface area contributed by atoms with Crippen molar-refractivity contribution in [2.75, 3.05) is 13.6 Å². The summed E-state index contributed by atoms with van der Waals surface area (Å²) in [5.74, 6) is 0.848. The summed E-state index contributed by atoms with van der Waals surface area (Å²) >= 11 is 2.01. The van der Waals surface area contributed by atoms with Crippen LogP contribution in [0.15, 0.2) is 52.5 Å². The lowest BCUT2D eigenvalue weighted by molar-refractivity contribution is 0.580. The molecule has 0 aliphatic heterocycles. The van der Waals surface area contributed by atoms with Gasteiger partial charge in [-0.15, -0.1) is 35.7 Å². The molecule has 1 saturated carbocycles. The molecule has 0 radical (unpaired) electrons. The molecule has 1 fully saturated rings. The van der Waals surface area contributed by atoms with Crippen molar-refractivity contribution < 1.29 is 0 Å². The summed E-state index contributed by atoms with van der Waals surface area (Å²) in [4.78, 5) is 5.72. The van der Waals surface area contributed by atoms with Gasteiger partial charge in [-0.3, -0.25) is 9.67 Å². The van der Waals surface area contributed by atoms with Crippen LogP contribution >= 0.6 is 35.7 Å². The first-order valence-electron chi connectivity index (χ1n) is 8.86. The number of aromatic nitrogens is 2. The molecule has 0 atom stereocenters. The van der Waals surface area contributed by atoms with E-state index in [0.29, 0.717) is 0 Å². The van der Waals surface area contributed by atoms with Gasteiger partial charge in [0.2, 0.25) is 0 Å². The number of thioether (sulfide) groups is 1. The Hall–Kier alpha value is -1.22. The van der Waals surface area contributed by atoms with Crippen LogP contribution in [0.3, 0.4) is 0 Å². The molecule has 2 N–H and O–H groups in total. The molecule has 7 heteroatoms. The topological polar surface area (TPSA) is 54.2 Å². The molecule has 1 aliphatic rings. The Balaban J connectivity index is 0.00000243. The van der Waals surface area contributed by atoms with Gasteiger partial charge in [0, 0.05) is 36.5 Å². The Morgan fingerprint density at radius 1 is 1.19 bits per heavy atom. The maximum atomic E-state index is 4.37. The smallest absolute Gasteiger partial charge is 0.191 e. The average molecular weight is 485 g/mol. The third kappa shape index (κ3) is 5.64. The van der Waals surface area contributed by atoms with Gasteiger partial charge in [0.15, 0.2) is 5.96 Å². The second-order valence-corrected chi connectivity index (χ2v) is 8.07. The van der Waals surface area contributed by atoms with Gasteiger partial charge in [0.05, 0.1) is 12.2 Å². The number of nitrogens with one attached hydrogen (secondary N) is 2. The predicted molar refractivity (Wildman–Crippen MR) is 120 cm³/mol. The lowest BCUT2D eigenvalue weighted by Crippen LogP contribution is -2.44. The number of halogens is 1. The van der Waals surface area contributed by atoms with Gasteiger partial charge in [-0.25, -0.2) is 0 Å². The number of benzene rings is 1. The van der Waals surface area contributed by atoms with Gasteiger partial charge in [-0.05, 0) is 31.0 Å². The van der Waals surface area contributed by atoms with E-state index in [1.165, 1.54) is 30.6 Å². The van der Waals surface area contributed by atoms with Gasteiger partial charge in [0.1, 0.15) is 0 Å². The normalized spacial score (nSPS) is 16.2. The zero-order chi connectivity index (χ0) is 17.5. The molecule has 2 aromatic rings. The first-order chi connectivity index (χ1) is 12.2. The second-order valence-electron chi connectivity index (χ2n) is 6.53. The van der Waals surface area contributed by atoms with E-state index in [1.54, 1.807) is 0 Å². The first-order valence-corrected chi connectivity index (χ1v) is 9.68. The van der Waals surface area contributed by atoms with E-state index >= 15 is 0 Å². The van der Waals surface area contributed by atoms with Crippen molar-refractivity contribution in [1.82, 2.24) is 20.4 Å². The molecule has 0 spiro atoms. The molecule has 0 saturated heterocycles. The minimum atomic E-state index is 0. The van der Waals surface area contributed by atoms with Crippen LogP contribution in [0.4, 0.5) is 0 Å². The van der Waals surface area contributed by atoms with E-state index < -0.39 is 0 Å². The van der Waals surface area contributed by atoms with Gasteiger partial charge in [-0.1, -0.05) is 31.0 Å². The molecule has 0 unspecified atom stereocenters. The summed E-state index contributed by atoms with van der Waals surface area (Å²) < 4.78 is 2.13. The number of hydrogen-bond donors (Lipinski definition) is 2. The lowest BCUT2D eigenvalue weighted by Gasteiger charge is -2.29. The predicted octanol–water partition coefficient (Wildman–Crippen LogP) is 3.81. The van der Waals surface area contributed by atoms with Gasteiger partial charge in [0.25, 0.3) is 0 Å². The molecular formula is C19H28IN5S. The SMILES string of the molecule is CN=C(NCc1ccnn1C)NCC1(Sc2ccccc2)CCCC1.I. The van der Waals surface area contributed by atoms with Crippen LogP contribution in [0.25, 0.3) is 0 Å². The highest BCUT2D eigenvalue weighted by Gasteiger charge is 2.35. The quantitative estimate of drug-likeness (QED) is 0.371. The zero-order valence-electron chi connectivity index (χ0n) is 15.4. The van der Waals surface area contributed by atoms with E-state index in [-0.39, 0.29) is 28.7 Å². The Bertz CT molecular complexity index is 695. The van der Waals surface area contributed by atoms with Crippen molar-refractivity contribution >= 4 is 41.7 Å². The summed E-state index contributed by atoms with van der Waals surface area (Å²) in [6.07, 6.45) is 6.93. The number of aliphatic imine (C=N–C) groups is 1. The van der Waals surface area contributed by atoms with Crippen LogP contribution in [-0.4, -0.2) is 34.1 Å². The number of aryl methyl sites for hydroxylation is 1. The summed E-state index contributed by atoms with van der Waals surface area (Å²) in [7, 11) is 3.78. The van der Waals surface area contributed by atoms with Crippen molar-refractivity contribution in [1.29, 1.82) is 0 Å². The van der Waals surface area contributed by atoms with E-state index in [4.69, 9.17) is 0 Å². The summed E-state index contributed by atoms with van der Waals surface area (Å²) in [6, 6.07) is 12.7. The van der Waals surface area contributed by atoms with Crippen LogP contribution in [0.1, 0.15) is 31.4 Å². The highest BCUT2D eigenvalue weighted by Crippen LogP contribution is 2.44. The molecule has 1 aromatic carbocycles. The van der Waals surface area contributed by atoms with Crippen molar-refractivity contribution in [3.63, 3.8) is 0 Å². The van der Waals surface area contributed by atoms with Crippen molar-refractivity contribution in [2.24, 2.45) is 12.0 Å². The van der Waals surface area contributed by atoms with Crippen LogP contribution in [0.5, 0.6) is 0 Å². The number of guanidine groups is 1. The molecule has 1 heterocycles. The Morgan fingerprint density at radius 2 is 1.92 bits per heavy atom. The molecule has 0 amide bonds. The maximum absolute atomic E-state index is 4.37. The molecule has 0 bridgehead atoms. The Morgan fingerprint density at radius 3 is 2.54 bits per heavy atom. The van der Waals surface area contributed by atoms with Crippen molar-refractivity contribution in [3.8, 4) is 0 Å². The largest absolute Gasteiger partial charge is 0.355 e. The third-order valence-electron chi connectivity index (χ3n) is 4.75. The summed E-state index contributed by atoms with van der Waals surface area (Å²) in [6.45, 7) is 1.65. The molecule has 5 nitrogen and oxygen atoms in total. The maximum Gasteiger partial charge on any atom is 0.191 e. The number of hydrogen-bond acceptors (Lipinski definition) is 3. The third-order valence-corrected chi connectivity index (χ3v) is 6.25. The van der Waals surface area contributed by atoms with Crippen LogP contribution < -0.4 is 10.6 Å². The highest BCUT2D eigenvalue weighted by molar-refractivity contribution is 14.0. The fraction of sp³-hybridized carbons (Fsp3) is 0.474. The Kier molecular flexibility index (Phi) is 8.27. The molecule has 26 heavy (non-hydrogen) atoms. The van der Waals surface area contributed by atoms with Gasteiger partial charge >= 0.3 is 0 Å². The van der Waals surface area contributed by atoms with E-state index in [0.717, 1.165) is 24.7 Å². The van der Waals surface area contributed by atoms with Crippen molar-refractivity contribution in [2.45, 2.75) is 41.9 Å². The monoisotopic (exact) mass is 485 g/mol. The fourth-order valence-electron chi connectivity index (χ4n) is 3.29. The average Bonchev–Trinajstić information content (AvgIpc) is 3.26. The molecule has 1 aliphatic carbocycles. The van der Waals surface area contributed by atoms with Gasteiger partial charge in [-0.2, -0.15) is 5.10 Å². The zero-order valence-corrected chi connectivity index (χ0v) is 18.6. The number of rotatable bonds is 6. The second kappa shape index (κ2) is 10.2.